The summed E-state index contributed by atoms with van der Waals surface area (Å²) < 4.78 is 5.75. The van der Waals surface area contributed by atoms with Gasteiger partial charge in [-0.2, -0.15) is 0 Å². The van der Waals surface area contributed by atoms with Crippen molar-refractivity contribution in [1.82, 2.24) is 5.32 Å². The van der Waals surface area contributed by atoms with Crippen molar-refractivity contribution in [3.05, 3.63) is 39.1 Å². The minimum Gasteiger partial charge on any atom is -0.414 e. The van der Waals surface area contributed by atoms with Crippen molar-refractivity contribution in [2.75, 3.05) is 7.05 Å². The molecule has 2 aromatic rings. The highest BCUT2D eigenvalue weighted by Gasteiger charge is 2.04. The number of fused-ring (bicyclic) bond motifs is 1. The van der Waals surface area contributed by atoms with Gasteiger partial charge in [-0.15, -0.1) is 0 Å². The molecule has 0 saturated carbocycles. The van der Waals surface area contributed by atoms with Gasteiger partial charge in [0.05, 0.1) is 4.70 Å². The maximum atomic E-state index is 11.3. The highest BCUT2D eigenvalue weighted by molar-refractivity contribution is 7.16. The Balaban J connectivity index is 2.43. The number of carbonyl (C=O) groups excluding carboxylic acids is 1. The Bertz CT molecular complexity index is 651. The highest BCUT2D eigenvalue weighted by Crippen LogP contribution is 2.20. The number of likely N-dealkylation sites (N-methyl/N-ethyl adjacent to an activating group) is 1. The lowest BCUT2D eigenvalue weighted by Gasteiger charge is -1.99. The Morgan fingerprint density at radius 3 is 2.94 bits per heavy atom. The van der Waals surface area contributed by atoms with E-state index in [1.165, 1.54) is 0 Å². The summed E-state index contributed by atoms with van der Waals surface area (Å²) in [7, 11) is 1.59. The fraction of sp³-hybridized carbons (Fsp3) is 0.167. The molecule has 0 fully saturated rings. The molecule has 1 amide bonds. The number of hydrogen-bond donors (Lipinski definition) is 1. The Morgan fingerprint density at radius 2 is 2.24 bits per heavy atom. The van der Waals surface area contributed by atoms with Crippen LogP contribution in [0.25, 0.3) is 16.4 Å². The van der Waals surface area contributed by atoms with Gasteiger partial charge < -0.3 is 9.73 Å². The predicted octanol–water partition coefficient (Wildman–Crippen LogP) is 2.00. The van der Waals surface area contributed by atoms with Crippen molar-refractivity contribution in [2.45, 2.75) is 6.92 Å². The molecule has 0 radical (unpaired) electrons. The highest BCUT2D eigenvalue weighted by atomic mass is 32.1. The summed E-state index contributed by atoms with van der Waals surface area (Å²) in [6.45, 7) is 1.74. The van der Waals surface area contributed by atoms with Gasteiger partial charge in [0.25, 0.3) is 0 Å². The van der Waals surface area contributed by atoms with Gasteiger partial charge >= 0.3 is 4.94 Å². The topological polar surface area (TPSA) is 59.3 Å². The quantitative estimate of drug-likeness (QED) is 0.828. The predicted molar refractivity (Wildman–Crippen MR) is 68.1 cm³/mol. The van der Waals surface area contributed by atoms with Crippen LogP contribution in [0.2, 0.25) is 0 Å². The van der Waals surface area contributed by atoms with Crippen LogP contribution in [0.3, 0.4) is 0 Å². The number of nitrogens with one attached hydrogen (secondary N) is 1. The first-order chi connectivity index (χ1) is 8.10. The molecule has 0 aliphatic rings. The zero-order chi connectivity index (χ0) is 12.4. The third-order valence-electron chi connectivity index (χ3n) is 2.32. The van der Waals surface area contributed by atoms with Crippen molar-refractivity contribution in [3.63, 3.8) is 0 Å². The number of hydrogen-bond acceptors (Lipinski definition) is 4. The van der Waals surface area contributed by atoms with Crippen molar-refractivity contribution in [2.24, 2.45) is 0 Å². The van der Waals surface area contributed by atoms with E-state index in [1.807, 2.05) is 12.1 Å². The zero-order valence-electron chi connectivity index (χ0n) is 9.44. The van der Waals surface area contributed by atoms with Crippen LogP contribution in [0.1, 0.15) is 12.5 Å². The molecule has 88 valence electrons. The van der Waals surface area contributed by atoms with Gasteiger partial charge in [-0.05, 0) is 30.7 Å². The standard InChI is InChI=1S/C12H11NO3S/c1-7(11(14)13-2)5-8-3-4-9-10(6-8)17-12(15)16-9/h3-6H,1-2H3,(H,13,14)/b7-5+. The van der Waals surface area contributed by atoms with Gasteiger partial charge in [-0.25, -0.2) is 4.79 Å². The van der Waals surface area contributed by atoms with Crippen LogP contribution in [0.4, 0.5) is 0 Å². The summed E-state index contributed by atoms with van der Waals surface area (Å²) in [5, 5.41) is 2.55. The lowest BCUT2D eigenvalue weighted by atomic mass is 10.1. The zero-order valence-corrected chi connectivity index (χ0v) is 10.3. The molecule has 0 aliphatic carbocycles. The molecule has 1 heterocycles. The van der Waals surface area contributed by atoms with Crippen LogP contribution in [0.15, 0.2) is 33.0 Å². The minimum atomic E-state index is -0.316. The molecule has 17 heavy (non-hydrogen) atoms. The second-order valence-corrected chi connectivity index (χ2v) is 4.54. The van der Waals surface area contributed by atoms with E-state index in [4.69, 9.17) is 4.42 Å². The number of rotatable bonds is 2. The molecule has 0 saturated heterocycles. The Hall–Kier alpha value is -1.88. The summed E-state index contributed by atoms with van der Waals surface area (Å²) in [4.78, 5) is 22.1. The minimum absolute atomic E-state index is 0.120. The summed E-state index contributed by atoms with van der Waals surface area (Å²) in [5.41, 5.74) is 2.06. The smallest absolute Gasteiger partial charge is 0.396 e. The van der Waals surface area contributed by atoms with E-state index in [1.54, 1.807) is 26.1 Å². The van der Waals surface area contributed by atoms with Crippen LogP contribution < -0.4 is 10.3 Å². The first-order valence-electron chi connectivity index (χ1n) is 5.04. The Labute approximate surface area is 102 Å². The first kappa shape index (κ1) is 11.6. The number of benzene rings is 1. The molecule has 0 bridgehead atoms. The maximum Gasteiger partial charge on any atom is 0.396 e. The Morgan fingerprint density at radius 1 is 1.47 bits per heavy atom. The lowest BCUT2D eigenvalue weighted by Crippen LogP contribution is -2.18. The molecule has 5 heteroatoms. The third kappa shape index (κ3) is 2.45. The molecule has 1 aromatic carbocycles. The molecular weight excluding hydrogens is 238 g/mol. The summed E-state index contributed by atoms with van der Waals surface area (Å²) in [6, 6.07) is 5.37. The monoisotopic (exact) mass is 249 g/mol. The SMILES string of the molecule is CNC(=O)/C(C)=C/c1ccc2oc(=O)sc2c1. The third-order valence-corrected chi connectivity index (χ3v) is 3.11. The van der Waals surface area contributed by atoms with Gasteiger partial charge in [0.2, 0.25) is 5.91 Å². The normalized spacial score (nSPS) is 11.8. The van der Waals surface area contributed by atoms with E-state index in [0.717, 1.165) is 21.6 Å². The van der Waals surface area contributed by atoms with Crippen LogP contribution in [-0.2, 0) is 4.79 Å². The lowest BCUT2D eigenvalue weighted by molar-refractivity contribution is -0.116. The summed E-state index contributed by atoms with van der Waals surface area (Å²) in [5.74, 6) is -0.120. The average Bonchev–Trinajstić information content (AvgIpc) is 2.67. The fourth-order valence-corrected chi connectivity index (χ4v) is 2.21. The summed E-state index contributed by atoms with van der Waals surface area (Å²) in [6.07, 6.45) is 1.77. The van der Waals surface area contributed by atoms with Crippen molar-refractivity contribution in [3.8, 4) is 0 Å². The van der Waals surface area contributed by atoms with E-state index < -0.39 is 0 Å². The van der Waals surface area contributed by atoms with Gasteiger partial charge in [-0.3, -0.25) is 4.79 Å². The molecule has 4 nitrogen and oxygen atoms in total. The molecule has 0 unspecified atom stereocenters. The van der Waals surface area contributed by atoms with E-state index in [-0.39, 0.29) is 10.8 Å². The van der Waals surface area contributed by atoms with Crippen molar-refractivity contribution >= 4 is 33.6 Å². The molecular formula is C12H11NO3S. The van der Waals surface area contributed by atoms with Crippen molar-refractivity contribution in [1.29, 1.82) is 0 Å². The number of amides is 1. The van der Waals surface area contributed by atoms with Gasteiger partial charge in [0, 0.05) is 12.6 Å². The van der Waals surface area contributed by atoms with Crippen LogP contribution in [0.5, 0.6) is 0 Å². The van der Waals surface area contributed by atoms with E-state index in [0.29, 0.717) is 11.2 Å². The Kier molecular flexibility index (Phi) is 3.10. The van der Waals surface area contributed by atoms with Gasteiger partial charge in [0.1, 0.15) is 5.58 Å². The van der Waals surface area contributed by atoms with E-state index in [2.05, 4.69) is 5.32 Å². The number of carbonyl (C=O) groups is 1. The fourth-order valence-electron chi connectivity index (χ4n) is 1.49. The largest absolute Gasteiger partial charge is 0.414 e. The molecule has 0 atom stereocenters. The molecule has 0 spiro atoms. The second-order valence-electron chi connectivity index (χ2n) is 3.57. The van der Waals surface area contributed by atoms with E-state index in [9.17, 15) is 9.59 Å². The molecule has 1 aromatic heterocycles. The van der Waals surface area contributed by atoms with Crippen LogP contribution >= 0.6 is 11.3 Å². The van der Waals surface area contributed by atoms with Gasteiger partial charge in [-0.1, -0.05) is 17.4 Å². The summed E-state index contributed by atoms with van der Waals surface area (Å²) >= 11 is 1.06. The van der Waals surface area contributed by atoms with Crippen LogP contribution in [0, 0.1) is 0 Å². The van der Waals surface area contributed by atoms with Crippen molar-refractivity contribution < 1.29 is 9.21 Å². The molecule has 0 aliphatic heterocycles. The molecule has 1 N–H and O–H groups in total. The average molecular weight is 249 g/mol. The maximum absolute atomic E-state index is 11.3. The van der Waals surface area contributed by atoms with Crippen LogP contribution in [-0.4, -0.2) is 13.0 Å². The first-order valence-corrected chi connectivity index (χ1v) is 5.86. The molecule has 2 rings (SSSR count). The van der Waals surface area contributed by atoms with E-state index >= 15 is 0 Å². The van der Waals surface area contributed by atoms with Gasteiger partial charge in [0.15, 0.2) is 0 Å². The second kappa shape index (κ2) is 4.55.